The van der Waals surface area contributed by atoms with Gasteiger partial charge in [0.1, 0.15) is 11.9 Å². The van der Waals surface area contributed by atoms with E-state index in [9.17, 15) is 4.79 Å². The Morgan fingerprint density at radius 2 is 2.36 bits per heavy atom. The largest absolute Gasteiger partial charge is 0.348 e. The monoisotopic (exact) mass is 302 g/mol. The second-order valence-electron chi connectivity index (χ2n) is 5.62. The van der Waals surface area contributed by atoms with Gasteiger partial charge in [0, 0.05) is 44.6 Å². The van der Waals surface area contributed by atoms with E-state index in [1.807, 2.05) is 22.7 Å². The summed E-state index contributed by atoms with van der Waals surface area (Å²) in [7, 11) is 1.95. The smallest absolute Gasteiger partial charge is 0.246 e. The summed E-state index contributed by atoms with van der Waals surface area (Å²) in [5.41, 5.74) is 1.89. The highest BCUT2D eigenvalue weighted by atomic mass is 16.2. The Labute approximate surface area is 129 Å². The van der Waals surface area contributed by atoms with Crippen molar-refractivity contribution in [3.05, 3.63) is 35.9 Å². The van der Waals surface area contributed by atoms with Crippen molar-refractivity contribution in [2.45, 2.75) is 32.4 Å². The van der Waals surface area contributed by atoms with Gasteiger partial charge >= 0.3 is 0 Å². The van der Waals surface area contributed by atoms with Crippen molar-refractivity contribution in [3.63, 3.8) is 0 Å². The van der Waals surface area contributed by atoms with Gasteiger partial charge < -0.3 is 19.8 Å². The average Bonchev–Trinajstić information content (AvgIpc) is 3.15. The van der Waals surface area contributed by atoms with Gasteiger partial charge in [0.05, 0.1) is 18.6 Å². The lowest BCUT2D eigenvalue weighted by atomic mass is 10.0. The van der Waals surface area contributed by atoms with Crippen LogP contribution in [0.5, 0.6) is 0 Å². The van der Waals surface area contributed by atoms with Crippen LogP contribution < -0.4 is 5.32 Å². The van der Waals surface area contributed by atoms with E-state index in [4.69, 9.17) is 0 Å². The molecule has 3 heterocycles. The third-order valence-corrected chi connectivity index (χ3v) is 4.05. The number of nitrogens with one attached hydrogen (secondary N) is 2. The fraction of sp³-hybridized carbons (Fsp3) is 0.533. The summed E-state index contributed by atoms with van der Waals surface area (Å²) < 4.78 is 1.95. The van der Waals surface area contributed by atoms with Crippen LogP contribution in [-0.4, -0.2) is 43.4 Å². The van der Waals surface area contributed by atoms with Gasteiger partial charge in [-0.05, 0) is 6.42 Å². The lowest BCUT2D eigenvalue weighted by molar-refractivity contribution is -0.134. The van der Waals surface area contributed by atoms with Crippen molar-refractivity contribution in [2.75, 3.05) is 13.1 Å². The van der Waals surface area contributed by atoms with Gasteiger partial charge in [-0.1, -0.05) is 6.92 Å². The van der Waals surface area contributed by atoms with Crippen LogP contribution in [0.25, 0.3) is 0 Å². The van der Waals surface area contributed by atoms with Crippen LogP contribution in [0.1, 0.15) is 36.6 Å². The van der Waals surface area contributed by atoms with E-state index in [0.717, 1.165) is 36.6 Å². The number of carbonyl (C=O) groups is 1. The maximum atomic E-state index is 13.0. The molecule has 22 heavy (non-hydrogen) atoms. The van der Waals surface area contributed by atoms with E-state index in [0.29, 0.717) is 13.1 Å². The zero-order chi connectivity index (χ0) is 15.5. The van der Waals surface area contributed by atoms with Crippen LogP contribution in [0, 0.1) is 0 Å². The number of carbonyl (C=O) groups excluding carboxylic acids is 1. The molecule has 2 N–H and O–H groups in total. The second kappa shape index (κ2) is 6.31. The van der Waals surface area contributed by atoms with Crippen molar-refractivity contribution in [3.8, 4) is 0 Å². The predicted molar refractivity (Wildman–Crippen MR) is 82.0 cm³/mol. The number of amides is 1. The Morgan fingerprint density at radius 3 is 3.09 bits per heavy atom. The standard InChI is InChI=1S/C15H22N6O/c1-3-7-21(9-12-16-6-8-20(12)2)15(22)14-13-11(4-5-17-14)18-10-19-13/h6,8,10,14,17H,3-5,7,9H2,1-2H3,(H,18,19)/t14-/m1/s1. The molecule has 7 nitrogen and oxygen atoms in total. The first-order chi connectivity index (χ1) is 10.7. The van der Waals surface area contributed by atoms with Crippen molar-refractivity contribution in [1.29, 1.82) is 0 Å². The molecular weight excluding hydrogens is 280 g/mol. The Kier molecular flexibility index (Phi) is 4.24. The highest BCUT2D eigenvalue weighted by molar-refractivity contribution is 5.83. The Balaban J connectivity index is 1.80. The number of aromatic nitrogens is 4. The van der Waals surface area contributed by atoms with Crippen LogP contribution in [0.15, 0.2) is 18.7 Å². The summed E-state index contributed by atoms with van der Waals surface area (Å²) in [6.45, 7) is 4.10. The van der Waals surface area contributed by atoms with E-state index < -0.39 is 0 Å². The minimum atomic E-state index is -0.359. The molecule has 1 aliphatic rings. The number of hydrogen-bond donors (Lipinski definition) is 2. The maximum Gasteiger partial charge on any atom is 0.246 e. The van der Waals surface area contributed by atoms with E-state index in [1.165, 1.54) is 0 Å². The minimum Gasteiger partial charge on any atom is -0.348 e. The van der Waals surface area contributed by atoms with Gasteiger partial charge in [-0.3, -0.25) is 4.79 Å². The summed E-state index contributed by atoms with van der Waals surface area (Å²) in [6, 6.07) is -0.359. The number of aromatic amines is 1. The molecule has 1 aliphatic heterocycles. The van der Waals surface area contributed by atoms with E-state index in [1.54, 1.807) is 12.5 Å². The lowest BCUT2D eigenvalue weighted by Crippen LogP contribution is -2.44. The molecule has 3 rings (SSSR count). The van der Waals surface area contributed by atoms with Gasteiger partial charge in [-0.25, -0.2) is 9.97 Å². The molecule has 0 saturated heterocycles. The minimum absolute atomic E-state index is 0.0675. The molecule has 0 saturated carbocycles. The zero-order valence-electron chi connectivity index (χ0n) is 13.0. The first-order valence-electron chi connectivity index (χ1n) is 7.71. The average molecular weight is 302 g/mol. The van der Waals surface area contributed by atoms with Crippen molar-refractivity contribution in [2.24, 2.45) is 7.05 Å². The van der Waals surface area contributed by atoms with Crippen molar-refractivity contribution >= 4 is 5.91 Å². The van der Waals surface area contributed by atoms with Gasteiger partial charge in [-0.15, -0.1) is 0 Å². The Bertz CT molecular complexity index is 646. The first-order valence-corrected chi connectivity index (χ1v) is 7.71. The molecule has 0 spiro atoms. The molecule has 0 unspecified atom stereocenters. The lowest BCUT2D eigenvalue weighted by Gasteiger charge is -2.29. The zero-order valence-corrected chi connectivity index (χ0v) is 13.0. The number of rotatable bonds is 5. The fourth-order valence-electron chi connectivity index (χ4n) is 2.86. The van der Waals surface area contributed by atoms with Crippen molar-refractivity contribution in [1.82, 2.24) is 29.7 Å². The highest BCUT2D eigenvalue weighted by Gasteiger charge is 2.31. The SMILES string of the molecule is CCCN(Cc1nccn1C)C(=O)[C@@H]1NCCc2[nH]cnc21. The number of fused-ring (bicyclic) bond motifs is 1. The van der Waals surface area contributed by atoms with Crippen LogP contribution in [0.2, 0.25) is 0 Å². The summed E-state index contributed by atoms with van der Waals surface area (Å²) in [5, 5.41) is 3.29. The predicted octanol–water partition coefficient (Wildman–Crippen LogP) is 0.769. The second-order valence-corrected chi connectivity index (χ2v) is 5.62. The molecule has 0 aliphatic carbocycles. The van der Waals surface area contributed by atoms with E-state index >= 15 is 0 Å². The molecule has 0 fully saturated rings. The quantitative estimate of drug-likeness (QED) is 0.855. The molecule has 0 radical (unpaired) electrons. The normalized spacial score (nSPS) is 17.3. The molecule has 7 heteroatoms. The number of H-pyrrole nitrogens is 1. The van der Waals surface area contributed by atoms with Crippen LogP contribution in [0.3, 0.4) is 0 Å². The molecule has 2 aromatic rings. The summed E-state index contributed by atoms with van der Waals surface area (Å²) in [4.78, 5) is 26.6. The number of imidazole rings is 2. The maximum absolute atomic E-state index is 13.0. The van der Waals surface area contributed by atoms with E-state index in [2.05, 4.69) is 27.2 Å². The number of nitrogens with zero attached hydrogens (tertiary/aromatic N) is 4. The van der Waals surface area contributed by atoms with Gasteiger partial charge in [0.15, 0.2) is 0 Å². The molecule has 1 amide bonds. The summed E-state index contributed by atoms with van der Waals surface area (Å²) in [6.07, 6.45) is 7.12. The van der Waals surface area contributed by atoms with Crippen molar-refractivity contribution < 1.29 is 4.79 Å². The van der Waals surface area contributed by atoms with Crippen LogP contribution >= 0.6 is 0 Å². The van der Waals surface area contributed by atoms with Crippen LogP contribution in [0.4, 0.5) is 0 Å². The van der Waals surface area contributed by atoms with Gasteiger partial charge in [0.25, 0.3) is 0 Å². The molecule has 0 aromatic carbocycles. The van der Waals surface area contributed by atoms with Gasteiger partial charge in [-0.2, -0.15) is 0 Å². The number of aryl methyl sites for hydroxylation is 1. The van der Waals surface area contributed by atoms with Crippen LogP contribution in [-0.2, 0) is 24.8 Å². The Morgan fingerprint density at radius 1 is 1.50 bits per heavy atom. The molecule has 2 aromatic heterocycles. The summed E-state index contributed by atoms with van der Waals surface area (Å²) in [5.74, 6) is 0.956. The molecule has 1 atom stereocenters. The molecular formula is C15H22N6O. The number of hydrogen-bond acceptors (Lipinski definition) is 4. The molecule has 118 valence electrons. The topological polar surface area (TPSA) is 78.8 Å². The van der Waals surface area contributed by atoms with E-state index in [-0.39, 0.29) is 11.9 Å². The first kappa shape index (κ1) is 14.8. The van der Waals surface area contributed by atoms with Gasteiger partial charge in [0.2, 0.25) is 5.91 Å². The fourth-order valence-corrected chi connectivity index (χ4v) is 2.86. The Hall–Kier alpha value is -2.15. The summed E-state index contributed by atoms with van der Waals surface area (Å²) >= 11 is 0. The highest BCUT2D eigenvalue weighted by Crippen LogP contribution is 2.22. The third-order valence-electron chi connectivity index (χ3n) is 4.05. The molecule has 0 bridgehead atoms. The third kappa shape index (κ3) is 2.76.